The van der Waals surface area contributed by atoms with Gasteiger partial charge in [-0.05, 0) is 61.1 Å². The number of rotatable bonds is 18. The van der Waals surface area contributed by atoms with Gasteiger partial charge in [0.1, 0.15) is 57.3 Å². The van der Waals surface area contributed by atoms with Crippen LogP contribution in [0.15, 0.2) is 72.8 Å². The van der Waals surface area contributed by atoms with Crippen molar-refractivity contribution in [3.05, 3.63) is 84.4 Å². The summed E-state index contributed by atoms with van der Waals surface area (Å²) >= 11 is 0. The summed E-state index contributed by atoms with van der Waals surface area (Å²) in [6, 6.07) is 20.7. The molecular formula is C49H68N8O12S2. The minimum Gasteiger partial charge on any atom is -0.494 e. The number of ether oxygens (including phenoxy) is 6. The molecule has 0 aliphatic carbocycles. The molecule has 0 spiro atoms. The van der Waals surface area contributed by atoms with E-state index in [0.29, 0.717) is 57.5 Å². The molecular weight excluding hydrogens is 957 g/mol. The fourth-order valence-corrected chi connectivity index (χ4v) is 10.7. The number of sulfone groups is 2. The van der Waals surface area contributed by atoms with Gasteiger partial charge in [0.15, 0.2) is 43.0 Å². The number of hydrogen-bond acceptors (Lipinski definition) is 18. The lowest BCUT2D eigenvalue weighted by Gasteiger charge is -2.30. The number of aromatic nitrogens is 8. The van der Waals surface area contributed by atoms with Crippen LogP contribution in [0.2, 0.25) is 0 Å². The number of hydrogen-bond donors (Lipinski definition) is 2. The van der Waals surface area contributed by atoms with E-state index in [9.17, 15) is 27.0 Å². The lowest BCUT2D eigenvalue weighted by Crippen LogP contribution is -2.41. The lowest BCUT2D eigenvalue weighted by molar-refractivity contribution is 0.0625. The highest BCUT2D eigenvalue weighted by atomic mass is 32.2. The predicted molar refractivity (Wildman–Crippen MR) is 270 cm³/mol. The van der Waals surface area contributed by atoms with Gasteiger partial charge < -0.3 is 38.6 Å². The van der Waals surface area contributed by atoms with E-state index in [1.807, 2.05) is 0 Å². The first-order valence-electron chi connectivity index (χ1n) is 22.0. The van der Waals surface area contributed by atoms with E-state index in [1.165, 1.54) is 56.5 Å². The summed E-state index contributed by atoms with van der Waals surface area (Å²) in [5, 5.41) is 36.3. The van der Waals surface area contributed by atoms with Crippen LogP contribution in [0, 0.1) is 10.8 Å². The highest BCUT2D eigenvalue weighted by molar-refractivity contribution is 7.91. The molecule has 388 valence electrons. The molecule has 0 aliphatic rings. The van der Waals surface area contributed by atoms with Crippen LogP contribution in [0.3, 0.4) is 0 Å². The second-order valence-corrected chi connectivity index (χ2v) is 23.1. The molecule has 0 unspecified atom stereocenters. The van der Waals surface area contributed by atoms with E-state index in [2.05, 4.69) is 30.4 Å². The van der Waals surface area contributed by atoms with Crippen LogP contribution in [-0.4, -0.2) is 132 Å². The Balaban J connectivity index is 0.000000304. The minimum absolute atomic E-state index is 0. The van der Waals surface area contributed by atoms with Crippen LogP contribution in [0.1, 0.15) is 74.5 Å². The largest absolute Gasteiger partial charge is 0.494 e. The molecule has 0 fully saturated rings. The molecule has 6 rings (SSSR count). The van der Waals surface area contributed by atoms with E-state index in [0.717, 1.165) is 0 Å². The van der Waals surface area contributed by atoms with Crippen molar-refractivity contribution in [1.29, 1.82) is 0 Å². The zero-order valence-corrected chi connectivity index (χ0v) is 43.7. The summed E-state index contributed by atoms with van der Waals surface area (Å²) in [6.07, 6.45) is -2.16. The van der Waals surface area contributed by atoms with Gasteiger partial charge in [0.25, 0.3) is 0 Å². The summed E-state index contributed by atoms with van der Waals surface area (Å²) < 4.78 is 89.5. The Bertz CT molecular complexity index is 2720. The van der Waals surface area contributed by atoms with Crippen LogP contribution in [0.25, 0.3) is 34.4 Å². The van der Waals surface area contributed by atoms with Crippen LogP contribution in [-0.2, 0) is 31.2 Å². The zero-order valence-electron chi connectivity index (χ0n) is 42.0. The second kappa shape index (κ2) is 23.2. The van der Waals surface area contributed by atoms with Crippen LogP contribution >= 0.6 is 0 Å². The van der Waals surface area contributed by atoms with Crippen molar-refractivity contribution in [1.82, 2.24) is 39.5 Å². The Morgan fingerprint density at radius 1 is 0.493 bits per heavy atom. The van der Waals surface area contributed by atoms with Crippen molar-refractivity contribution < 1.29 is 55.5 Å². The molecule has 0 saturated carbocycles. The standard InChI is InChI=1S/2C24H32N4O6S.CH4/c2*1-15(22(29)24(2,3)4)35(30,31)14-19-26-27-23(16-10-8-13-20(25-16)34-7)28(19)21-17(32-5)11-9-12-18(21)33-6;/h2*8-13,15,22,29H,14H2,1-7H3;1H4/t2*15-,22+;/m10./s1. The third-order valence-corrected chi connectivity index (χ3v) is 15.6. The number of methoxy groups -OCH3 is 6. The first-order chi connectivity index (χ1) is 32.9. The van der Waals surface area contributed by atoms with E-state index in [-0.39, 0.29) is 30.7 Å². The fourth-order valence-electron chi connectivity index (χ4n) is 7.46. The first-order valence-corrected chi connectivity index (χ1v) is 25.4. The first kappa shape index (κ1) is 57.2. The van der Waals surface area contributed by atoms with Gasteiger partial charge in [-0.15, -0.1) is 20.4 Å². The maximum absolute atomic E-state index is 13.4. The number of para-hydroxylation sites is 2. The highest BCUT2D eigenvalue weighted by Crippen LogP contribution is 2.39. The Hall–Kier alpha value is -6.36. The molecule has 4 atom stereocenters. The van der Waals surface area contributed by atoms with Gasteiger partial charge in [-0.1, -0.05) is 73.2 Å². The maximum atomic E-state index is 13.4. The van der Waals surface area contributed by atoms with Gasteiger partial charge in [-0.25, -0.2) is 26.8 Å². The molecule has 2 N–H and O–H groups in total. The molecule has 0 bridgehead atoms. The van der Waals surface area contributed by atoms with Crippen molar-refractivity contribution in [3.8, 4) is 69.2 Å². The summed E-state index contributed by atoms with van der Waals surface area (Å²) in [5.74, 6) is 2.29. The number of aliphatic hydroxyl groups excluding tert-OH is 2. The molecule has 2 aromatic carbocycles. The van der Waals surface area contributed by atoms with Crippen LogP contribution < -0.4 is 28.4 Å². The molecule has 4 heterocycles. The minimum atomic E-state index is -3.85. The van der Waals surface area contributed by atoms with Gasteiger partial charge in [0, 0.05) is 12.1 Å². The van der Waals surface area contributed by atoms with Crippen LogP contribution in [0.5, 0.6) is 34.8 Å². The quantitative estimate of drug-likeness (QED) is 0.0901. The monoisotopic (exact) mass is 1020 g/mol. The normalized spacial score (nSPS) is 13.6. The average molecular weight is 1030 g/mol. The molecule has 71 heavy (non-hydrogen) atoms. The van der Waals surface area contributed by atoms with Gasteiger partial charge in [-0.3, -0.25) is 9.13 Å². The lowest BCUT2D eigenvalue weighted by atomic mass is 9.87. The van der Waals surface area contributed by atoms with Gasteiger partial charge in [0.05, 0.1) is 65.4 Å². The van der Waals surface area contributed by atoms with Gasteiger partial charge in [-0.2, -0.15) is 0 Å². The molecule has 6 aromatic rings. The molecule has 22 heteroatoms. The van der Waals surface area contributed by atoms with Crippen molar-refractivity contribution >= 4 is 19.7 Å². The van der Waals surface area contributed by atoms with E-state index in [4.69, 9.17) is 28.4 Å². The van der Waals surface area contributed by atoms with E-state index >= 15 is 0 Å². The highest BCUT2D eigenvalue weighted by Gasteiger charge is 2.39. The molecule has 0 aliphatic heterocycles. The number of benzene rings is 2. The maximum Gasteiger partial charge on any atom is 0.213 e. The summed E-state index contributed by atoms with van der Waals surface area (Å²) in [6.45, 7) is 13.7. The Kier molecular flexibility index (Phi) is 18.7. The Morgan fingerprint density at radius 3 is 1.06 bits per heavy atom. The average Bonchev–Trinajstić information content (AvgIpc) is 3.94. The molecule has 0 radical (unpaired) electrons. The molecule has 4 aromatic heterocycles. The van der Waals surface area contributed by atoms with E-state index < -0.39 is 64.7 Å². The Labute approximate surface area is 417 Å². The smallest absolute Gasteiger partial charge is 0.213 e. The second-order valence-electron chi connectivity index (χ2n) is 18.3. The summed E-state index contributed by atoms with van der Waals surface area (Å²) in [5.41, 5.74) is 0.434. The number of nitrogens with zero attached hydrogens (tertiary/aromatic N) is 8. The van der Waals surface area contributed by atoms with Gasteiger partial charge in [0.2, 0.25) is 11.8 Å². The third kappa shape index (κ3) is 12.8. The number of aliphatic hydroxyl groups is 2. The topological polar surface area (TPSA) is 251 Å². The van der Waals surface area contributed by atoms with Gasteiger partial charge >= 0.3 is 0 Å². The fraction of sp³-hybridized carbons (Fsp3) is 0.469. The van der Waals surface area contributed by atoms with Crippen molar-refractivity contribution in [3.63, 3.8) is 0 Å². The Morgan fingerprint density at radius 2 is 0.789 bits per heavy atom. The zero-order chi connectivity index (χ0) is 51.9. The van der Waals surface area contributed by atoms with Crippen LogP contribution in [0.4, 0.5) is 0 Å². The molecule has 20 nitrogen and oxygen atoms in total. The third-order valence-electron chi connectivity index (χ3n) is 11.5. The summed E-state index contributed by atoms with van der Waals surface area (Å²) in [4.78, 5) is 8.89. The van der Waals surface area contributed by atoms with Crippen molar-refractivity contribution in [2.24, 2.45) is 10.8 Å². The SMILES string of the molecule is C.COc1cccc(-c2nnc(CS(=O)(=O)[C@@H](C)[C@@H](O)C(C)(C)C)n2-c2c(OC)cccc2OC)n1.COc1cccc(-c2nnc(CS(=O)(=O)[C@H](C)[C@H](O)C(C)(C)C)n2-c2c(OC)cccc2OC)n1. The molecule has 0 amide bonds. The van der Waals surface area contributed by atoms with E-state index in [1.54, 1.807) is 123 Å². The molecule has 0 saturated heterocycles. The van der Waals surface area contributed by atoms with Crippen molar-refractivity contribution in [2.75, 3.05) is 42.7 Å². The predicted octanol–water partition coefficient (Wildman–Crippen LogP) is 6.77. The van der Waals surface area contributed by atoms with Crippen molar-refractivity contribution in [2.45, 2.75) is 97.0 Å². The number of pyridine rings is 2. The summed E-state index contributed by atoms with van der Waals surface area (Å²) in [7, 11) is 1.32.